The van der Waals surface area contributed by atoms with Gasteiger partial charge in [-0.1, -0.05) is 0 Å². The summed E-state index contributed by atoms with van der Waals surface area (Å²) >= 11 is 0. The molecule has 0 aliphatic rings. The van der Waals surface area contributed by atoms with Gasteiger partial charge >= 0.3 is 6.03 Å². The van der Waals surface area contributed by atoms with Crippen LogP contribution in [0, 0.1) is 13.8 Å². The van der Waals surface area contributed by atoms with E-state index in [9.17, 15) is 4.79 Å². The van der Waals surface area contributed by atoms with Gasteiger partial charge in [-0.3, -0.25) is 4.68 Å². The van der Waals surface area contributed by atoms with Crippen LogP contribution in [0.1, 0.15) is 32.0 Å². The van der Waals surface area contributed by atoms with Crippen molar-refractivity contribution in [3.63, 3.8) is 0 Å². The Hall–Kier alpha value is -1.52. The molecule has 1 heterocycles. The molecule has 17 heavy (non-hydrogen) atoms. The maximum Gasteiger partial charge on any atom is 0.315 e. The molecule has 0 radical (unpaired) electrons. The molecule has 0 fully saturated rings. The number of hydrogen-bond donors (Lipinski definition) is 2. The van der Waals surface area contributed by atoms with Gasteiger partial charge in [-0.25, -0.2) is 4.79 Å². The quantitative estimate of drug-likeness (QED) is 0.840. The van der Waals surface area contributed by atoms with E-state index in [4.69, 9.17) is 0 Å². The van der Waals surface area contributed by atoms with Crippen LogP contribution in [-0.2, 0) is 6.54 Å². The Morgan fingerprint density at radius 3 is 2.53 bits per heavy atom. The predicted octanol–water partition coefficient (Wildman–Crippen LogP) is 1.60. The molecule has 1 aromatic rings. The van der Waals surface area contributed by atoms with E-state index in [0.717, 1.165) is 5.69 Å². The molecule has 96 valence electrons. The van der Waals surface area contributed by atoms with Gasteiger partial charge in [-0.15, -0.1) is 0 Å². The monoisotopic (exact) mass is 238 g/mol. The first-order valence-electron chi connectivity index (χ1n) is 5.84. The Balaban J connectivity index is 2.34. The van der Waals surface area contributed by atoms with Gasteiger partial charge in [0.15, 0.2) is 0 Å². The lowest BCUT2D eigenvalue weighted by molar-refractivity contribution is 0.231. The number of urea groups is 1. The molecule has 0 unspecified atom stereocenters. The number of amides is 2. The molecule has 0 saturated carbocycles. The number of rotatable bonds is 3. The summed E-state index contributed by atoms with van der Waals surface area (Å²) in [4.78, 5) is 11.5. The fourth-order valence-electron chi connectivity index (χ4n) is 1.43. The third-order valence-electron chi connectivity index (χ3n) is 2.45. The Bertz CT molecular complexity index is 390. The van der Waals surface area contributed by atoms with E-state index in [1.165, 1.54) is 5.56 Å². The first-order valence-corrected chi connectivity index (χ1v) is 5.84. The van der Waals surface area contributed by atoms with E-state index in [2.05, 4.69) is 15.7 Å². The minimum Gasteiger partial charge on any atom is -0.336 e. The maximum atomic E-state index is 11.5. The average molecular weight is 238 g/mol. The second-order valence-electron chi connectivity index (χ2n) is 5.27. The van der Waals surface area contributed by atoms with E-state index < -0.39 is 0 Å². The zero-order chi connectivity index (χ0) is 13.1. The van der Waals surface area contributed by atoms with Gasteiger partial charge in [-0.05, 0) is 40.2 Å². The minimum absolute atomic E-state index is 0.140. The van der Waals surface area contributed by atoms with Crippen molar-refractivity contribution in [2.45, 2.75) is 46.7 Å². The molecule has 0 atom stereocenters. The van der Waals surface area contributed by atoms with Gasteiger partial charge in [0.05, 0.1) is 12.7 Å². The van der Waals surface area contributed by atoms with Crippen molar-refractivity contribution in [3.05, 3.63) is 17.5 Å². The van der Waals surface area contributed by atoms with Crippen molar-refractivity contribution in [1.29, 1.82) is 0 Å². The molecule has 0 spiro atoms. The highest BCUT2D eigenvalue weighted by atomic mass is 16.2. The third-order valence-corrected chi connectivity index (χ3v) is 2.45. The Kier molecular flexibility index (Phi) is 4.15. The van der Waals surface area contributed by atoms with Crippen LogP contribution in [0.4, 0.5) is 4.79 Å². The first-order chi connectivity index (χ1) is 7.79. The summed E-state index contributed by atoms with van der Waals surface area (Å²) in [5.74, 6) is 0. The molecule has 0 aromatic carbocycles. The molecule has 0 aliphatic heterocycles. The van der Waals surface area contributed by atoms with Crippen LogP contribution >= 0.6 is 0 Å². The van der Waals surface area contributed by atoms with Gasteiger partial charge < -0.3 is 10.6 Å². The topological polar surface area (TPSA) is 59.0 Å². The summed E-state index contributed by atoms with van der Waals surface area (Å²) in [6, 6.07) is -0.140. The summed E-state index contributed by atoms with van der Waals surface area (Å²) < 4.78 is 1.90. The van der Waals surface area contributed by atoms with Gasteiger partial charge in [0.25, 0.3) is 0 Å². The maximum absolute atomic E-state index is 11.5. The van der Waals surface area contributed by atoms with Crippen LogP contribution in [0.5, 0.6) is 0 Å². The summed E-state index contributed by atoms with van der Waals surface area (Å²) in [6.45, 7) is 11.2. The number of nitrogens with one attached hydrogen (secondary N) is 2. The second kappa shape index (κ2) is 5.21. The second-order valence-corrected chi connectivity index (χ2v) is 5.27. The molecular formula is C12H22N4O. The summed E-state index contributed by atoms with van der Waals surface area (Å²) in [5.41, 5.74) is 2.11. The number of nitrogens with zero attached hydrogens (tertiary/aromatic N) is 2. The molecule has 2 amide bonds. The highest BCUT2D eigenvalue weighted by Gasteiger charge is 2.12. The number of carbonyl (C=O) groups is 1. The summed E-state index contributed by atoms with van der Waals surface area (Å²) in [6.07, 6.45) is 1.84. The molecule has 2 N–H and O–H groups in total. The summed E-state index contributed by atoms with van der Waals surface area (Å²) in [7, 11) is 0. The van der Waals surface area contributed by atoms with E-state index in [1.54, 1.807) is 0 Å². The van der Waals surface area contributed by atoms with Crippen LogP contribution in [-0.4, -0.2) is 27.9 Å². The fourth-order valence-corrected chi connectivity index (χ4v) is 1.43. The van der Waals surface area contributed by atoms with Crippen molar-refractivity contribution in [2.24, 2.45) is 0 Å². The van der Waals surface area contributed by atoms with Gasteiger partial charge in [-0.2, -0.15) is 5.10 Å². The van der Waals surface area contributed by atoms with Gasteiger partial charge in [0, 0.05) is 17.8 Å². The lowest BCUT2D eigenvalue weighted by atomic mass is 10.1. The van der Waals surface area contributed by atoms with Gasteiger partial charge in [0.1, 0.15) is 0 Å². The molecule has 0 bridgehead atoms. The molecule has 5 nitrogen and oxygen atoms in total. The molecule has 0 saturated heterocycles. The Morgan fingerprint density at radius 2 is 2.06 bits per heavy atom. The average Bonchev–Trinajstić information content (AvgIpc) is 2.46. The number of carbonyl (C=O) groups excluding carboxylic acids is 1. The van der Waals surface area contributed by atoms with Crippen LogP contribution in [0.3, 0.4) is 0 Å². The SMILES string of the molecule is Cc1cnn(CCNC(=O)NC(C)(C)C)c1C. The molecule has 0 aliphatic carbocycles. The zero-order valence-electron chi connectivity index (χ0n) is 11.3. The lowest BCUT2D eigenvalue weighted by Crippen LogP contribution is -2.47. The number of aryl methyl sites for hydroxylation is 1. The standard InChI is InChI=1S/C12H22N4O/c1-9-8-14-16(10(9)2)7-6-13-11(17)15-12(3,4)5/h8H,6-7H2,1-5H3,(H2,13,15,17). The van der Waals surface area contributed by atoms with Crippen molar-refractivity contribution < 1.29 is 4.79 Å². The van der Waals surface area contributed by atoms with Crippen LogP contribution in [0.25, 0.3) is 0 Å². The summed E-state index contributed by atoms with van der Waals surface area (Å²) in [5, 5.41) is 9.89. The van der Waals surface area contributed by atoms with E-state index >= 15 is 0 Å². The fraction of sp³-hybridized carbons (Fsp3) is 0.667. The molecular weight excluding hydrogens is 216 g/mol. The van der Waals surface area contributed by atoms with Crippen molar-refractivity contribution >= 4 is 6.03 Å². The predicted molar refractivity (Wildman–Crippen MR) is 68.0 cm³/mol. The van der Waals surface area contributed by atoms with Crippen molar-refractivity contribution in [3.8, 4) is 0 Å². The molecule has 5 heteroatoms. The normalized spacial score (nSPS) is 11.4. The van der Waals surface area contributed by atoms with Crippen molar-refractivity contribution in [2.75, 3.05) is 6.54 Å². The number of aromatic nitrogens is 2. The Morgan fingerprint density at radius 1 is 1.41 bits per heavy atom. The highest BCUT2D eigenvalue weighted by molar-refractivity contribution is 5.74. The van der Waals surface area contributed by atoms with Crippen LogP contribution in [0.2, 0.25) is 0 Å². The third kappa shape index (κ3) is 4.46. The zero-order valence-corrected chi connectivity index (χ0v) is 11.3. The molecule has 1 rings (SSSR count). The van der Waals surface area contributed by atoms with E-state index in [1.807, 2.05) is 45.5 Å². The first kappa shape index (κ1) is 13.5. The largest absolute Gasteiger partial charge is 0.336 e. The number of hydrogen-bond acceptors (Lipinski definition) is 2. The van der Waals surface area contributed by atoms with Crippen molar-refractivity contribution in [1.82, 2.24) is 20.4 Å². The van der Waals surface area contributed by atoms with Gasteiger partial charge in [0.2, 0.25) is 0 Å². The lowest BCUT2D eigenvalue weighted by Gasteiger charge is -2.20. The van der Waals surface area contributed by atoms with Crippen LogP contribution < -0.4 is 10.6 Å². The van der Waals surface area contributed by atoms with E-state index in [0.29, 0.717) is 13.1 Å². The highest BCUT2D eigenvalue weighted by Crippen LogP contribution is 2.03. The molecule has 1 aromatic heterocycles. The minimum atomic E-state index is -0.206. The van der Waals surface area contributed by atoms with E-state index in [-0.39, 0.29) is 11.6 Å². The van der Waals surface area contributed by atoms with Crippen LogP contribution in [0.15, 0.2) is 6.20 Å². The Labute approximate surface area is 103 Å². The smallest absolute Gasteiger partial charge is 0.315 e.